The van der Waals surface area contributed by atoms with E-state index in [1.165, 1.54) is 18.5 Å². The number of aromatic nitrogens is 2. The first-order valence-corrected chi connectivity index (χ1v) is 7.02. The molecule has 0 bridgehead atoms. The predicted octanol–water partition coefficient (Wildman–Crippen LogP) is 2.02. The van der Waals surface area contributed by atoms with E-state index in [-0.39, 0.29) is 23.9 Å². The summed E-state index contributed by atoms with van der Waals surface area (Å²) in [5.74, 6) is 0.482. The minimum atomic E-state index is -0.0987. The Kier molecular flexibility index (Phi) is 5.59. The molecule has 0 spiro atoms. The van der Waals surface area contributed by atoms with E-state index in [2.05, 4.69) is 31.2 Å². The summed E-state index contributed by atoms with van der Waals surface area (Å²) in [6, 6.07) is 1.95. The molecule has 0 atom stereocenters. The summed E-state index contributed by atoms with van der Waals surface area (Å²) in [6.45, 7) is 7.53. The van der Waals surface area contributed by atoms with Gasteiger partial charge in [-0.3, -0.25) is 9.48 Å². The van der Waals surface area contributed by atoms with Gasteiger partial charge in [-0.2, -0.15) is 5.10 Å². The van der Waals surface area contributed by atoms with Crippen LogP contribution in [0.25, 0.3) is 0 Å². The van der Waals surface area contributed by atoms with Gasteiger partial charge in [-0.1, -0.05) is 0 Å². The van der Waals surface area contributed by atoms with Crippen molar-refractivity contribution in [1.82, 2.24) is 15.1 Å². The van der Waals surface area contributed by atoms with Gasteiger partial charge in [0.25, 0.3) is 5.91 Å². The Morgan fingerprint density at radius 2 is 2.15 bits per heavy atom. The molecule has 3 N–H and O–H groups in total. The maximum Gasteiger partial charge on any atom is 0.271 e. The Labute approximate surface area is 126 Å². The van der Waals surface area contributed by atoms with E-state index < -0.39 is 0 Å². The van der Waals surface area contributed by atoms with Crippen molar-refractivity contribution in [2.75, 3.05) is 13.1 Å². The summed E-state index contributed by atoms with van der Waals surface area (Å²) >= 11 is 0. The van der Waals surface area contributed by atoms with Crippen LogP contribution in [0.1, 0.15) is 62.1 Å². The van der Waals surface area contributed by atoms with Crippen LogP contribution in [-0.2, 0) is 5.54 Å². The number of nitrogens with one attached hydrogen (secondary N) is 1. The number of nitrogens with zero attached hydrogens (tertiary/aromatic N) is 2. The highest BCUT2D eigenvalue weighted by Crippen LogP contribution is 2.41. The molecule has 1 saturated carbocycles. The van der Waals surface area contributed by atoms with Crippen molar-refractivity contribution in [3.8, 4) is 0 Å². The average molecular weight is 301 g/mol. The highest BCUT2D eigenvalue weighted by molar-refractivity contribution is 5.92. The monoisotopic (exact) mass is 300 g/mol. The van der Waals surface area contributed by atoms with Crippen molar-refractivity contribution in [1.29, 1.82) is 0 Å². The van der Waals surface area contributed by atoms with Crippen LogP contribution in [0.4, 0.5) is 0 Å². The second-order valence-electron chi connectivity index (χ2n) is 6.21. The molecule has 2 rings (SSSR count). The fourth-order valence-electron chi connectivity index (χ4n) is 2.11. The van der Waals surface area contributed by atoms with E-state index in [4.69, 9.17) is 5.73 Å². The fourth-order valence-corrected chi connectivity index (χ4v) is 2.11. The van der Waals surface area contributed by atoms with E-state index in [9.17, 15) is 4.79 Å². The summed E-state index contributed by atoms with van der Waals surface area (Å²) in [5, 5.41) is 7.35. The maximum absolute atomic E-state index is 12.0. The highest BCUT2D eigenvalue weighted by atomic mass is 35.5. The Morgan fingerprint density at radius 1 is 1.50 bits per heavy atom. The van der Waals surface area contributed by atoms with Crippen LogP contribution in [0.15, 0.2) is 6.07 Å². The first-order valence-electron chi connectivity index (χ1n) is 7.02. The van der Waals surface area contributed by atoms with E-state index in [0.29, 0.717) is 24.7 Å². The Bertz CT molecular complexity index is 460. The number of carbonyl (C=O) groups excluding carboxylic acids is 1. The summed E-state index contributed by atoms with van der Waals surface area (Å²) in [7, 11) is 0. The molecule has 0 radical (unpaired) electrons. The van der Waals surface area contributed by atoms with Crippen LogP contribution in [0, 0.1) is 0 Å². The van der Waals surface area contributed by atoms with Gasteiger partial charge in [-0.15, -0.1) is 12.4 Å². The molecular weight excluding hydrogens is 276 g/mol. The zero-order valence-corrected chi connectivity index (χ0v) is 13.3. The molecule has 1 aromatic rings. The number of halogens is 1. The molecule has 0 aromatic carbocycles. The molecular formula is C14H25ClN4O. The van der Waals surface area contributed by atoms with Gasteiger partial charge in [0.1, 0.15) is 5.69 Å². The van der Waals surface area contributed by atoms with Gasteiger partial charge in [0, 0.05) is 18.2 Å². The van der Waals surface area contributed by atoms with Gasteiger partial charge in [-0.05, 0) is 52.6 Å². The number of amides is 1. The van der Waals surface area contributed by atoms with Crippen molar-refractivity contribution in [3.63, 3.8) is 0 Å². The Balaban J connectivity index is 0.00000200. The molecule has 1 amide bonds. The molecule has 5 nitrogen and oxygen atoms in total. The van der Waals surface area contributed by atoms with Crippen molar-refractivity contribution in [3.05, 3.63) is 17.5 Å². The summed E-state index contributed by atoms with van der Waals surface area (Å²) < 4.78 is 2.00. The molecule has 0 saturated heterocycles. The topological polar surface area (TPSA) is 72.9 Å². The van der Waals surface area contributed by atoms with Gasteiger partial charge < -0.3 is 11.1 Å². The van der Waals surface area contributed by atoms with Crippen molar-refractivity contribution < 1.29 is 4.79 Å². The molecule has 1 fully saturated rings. The third-order valence-corrected chi connectivity index (χ3v) is 3.27. The quantitative estimate of drug-likeness (QED) is 0.817. The van der Waals surface area contributed by atoms with Gasteiger partial charge >= 0.3 is 0 Å². The lowest BCUT2D eigenvalue weighted by atomic mass is 10.1. The lowest BCUT2D eigenvalue weighted by Crippen LogP contribution is -2.28. The summed E-state index contributed by atoms with van der Waals surface area (Å²) in [4.78, 5) is 12.0. The molecule has 20 heavy (non-hydrogen) atoms. The molecule has 1 aliphatic rings. The van der Waals surface area contributed by atoms with E-state index in [0.717, 1.165) is 6.42 Å². The zero-order valence-electron chi connectivity index (χ0n) is 12.5. The fraction of sp³-hybridized carbons (Fsp3) is 0.714. The van der Waals surface area contributed by atoms with Gasteiger partial charge in [0.2, 0.25) is 0 Å². The molecule has 1 aliphatic carbocycles. The summed E-state index contributed by atoms with van der Waals surface area (Å²) in [5.41, 5.74) is 7.04. The van der Waals surface area contributed by atoms with E-state index in [1.807, 2.05) is 10.7 Å². The lowest BCUT2D eigenvalue weighted by molar-refractivity contribution is 0.0947. The highest BCUT2D eigenvalue weighted by Gasteiger charge is 2.32. The first-order chi connectivity index (χ1) is 8.93. The number of hydrogen-bond donors (Lipinski definition) is 2. The van der Waals surface area contributed by atoms with Crippen LogP contribution in [0.5, 0.6) is 0 Å². The molecule has 114 valence electrons. The molecule has 6 heteroatoms. The van der Waals surface area contributed by atoms with Gasteiger partial charge in [0.05, 0.1) is 5.54 Å². The number of rotatable bonds is 5. The Morgan fingerprint density at radius 3 is 2.65 bits per heavy atom. The Hall–Kier alpha value is -1.07. The van der Waals surface area contributed by atoms with E-state index in [1.54, 1.807) is 0 Å². The third kappa shape index (κ3) is 3.96. The van der Waals surface area contributed by atoms with Crippen LogP contribution in [0.3, 0.4) is 0 Å². The zero-order chi connectivity index (χ0) is 14.0. The molecule has 0 aliphatic heterocycles. The van der Waals surface area contributed by atoms with Crippen LogP contribution >= 0.6 is 12.4 Å². The third-order valence-electron chi connectivity index (χ3n) is 3.27. The van der Waals surface area contributed by atoms with Crippen LogP contribution < -0.4 is 11.1 Å². The standard InChI is InChI=1S/C14H24N4O.ClH/c1-14(2,3)18-12(10-5-6-10)9-11(17-18)13(19)16-8-4-7-15;/h9-10H,4-8,15H2,1-3H3,(H,16,19);1H. The van der Waals surface area contributed by atoms with Crippen molar-refractivity contribution in [2.45, 2.75) is 51.5 Å². The van der Waals surface area contributed by atoms with Gasteiger partial charge in [-0.25, -0.2) is 0 Å². The number of carbonyl (C=O) groups is 1. The second kappa shape index (κ2) is 6.59. The summed E-state index contributed by atoms with van der Waals surface area (Å²) in [6.07, 6.45) is 3.20. The van der Waals surface area contributed by atoms with Gasteiger partial charge in [0.15, 0.2) is 0 Å². The minimum Gasteiger partial charge on any atom is -0.351 e. The molecule has 1 aromatic heterocycles. The second-order valence-corrected chi connectivity index (χ2v) is 6.21. The maximum atomic E-state index is 12.0. The van der Waals surface area contributed by atoms with Crippen molar-refractivity contribution >= 4 is 18.3 Å². The van der Waals surface area contributed by atoms with Crippen LogP contribution in [-0.4, -0.2) is 28.8 Å². The smallest absolute Gasteiger partial charge is 0.271 e. The predicted molar refractivity (Wildman–Crippen MR) is 82.5 cm³/mol. The molecule has 0 unspecified atom stereocenters. The van der Waals surface area contributed by atoms with Crippen molar-refractivity contribution in [2.24, 2.45) is 5.73 Å². The first kappa shape index (κ1) is 17.0. The largest absolute Gasteiger partial charge is 0.351 e. The SMILES string of the molecule is CC(C)(C)n1nc(C(=O)NCCCN)cc1C1CC1.Cl. The normalized spacial score (nSPS) is 14.8. The van der Waals surface area contributed by atoms with E-state index >= 15 is 0 Å². The minimum absolute atomic E-state index is 0. The average Bonchev–Trinajstić information content (AvgIpc) is 3.06. The van der Waals surface area contributed by atoms with Crippen LogP contribution in [0.2, 0.25) is 0 Å². The lowest BCUT2D eigenvalue weighted by Gasteiger charge is -2.22. The number of nitrogens with two attached hydrogens (primary N) is 1. The molecule has 1 heterocycles. The number of hydrogen-bond acceptors (Lipinski definition) is 3.